The van der Waals surface area contributed by atoms with E-state index in [2.05, 4.69) is 26.1 Å². The van der Waals surface area contributed by atoms with Gasteiger partial charge in [0.2, 0.25) is 10.9 Å². The first-order chi connectivity index (χ1) is 15.5. The van der Waals surface area contributed by atoms with Crippen LogP contribution in [0.3, 0.4) is 0 Å². The second-order valence-corrected chi connectivity index (χ2v) is 9.18. The molecule has 2 aromatic carbocycles. The molecule has 0 aliphatic carbocycles. The summed E-state index contributed by atoms with van der Waals surface area (Å²) in [5.41, 5.74) is 1.19. The number of anilines is 1. The number of rotatable bonds is 5. The number of carbonyl (C=O) groups is 1. The van der Waals surface area contributed by atoms with Crippen LogP contribution in [0.2, 0.25) is 0 Å². The maximum Gasteiger partial charge on any atom is 0.297 e. The molecule has 9 heteroatoms. The van der Waals surface area contributed by atoms with Crippen molar-refractivity contribution < 1.29 is 13.9 Å². The van der Waals surface area contributed by atoms with Crippen LogP contribution in [-0.2, 0) is 6.42 Å². The third kappa shape index (κ3) is 3.32. The van der Waals surface area contributed by atoms with Crippen LogP contribution in [0.25, 0.3) is 11.0 Å². The number of nitrogens with zero attached hydrogens (tertiary/aromatic N) is 3. The number of benzene rings is 2. The van der Waals surface area contributed by atoms with Crippen LogP contribution in [0.15, 0.2) is 56.1 Å². The third-order valence-electron chi connectivity index (χ3n) is 5.30. The van der Waals surface area contributed by atoms with E-state index in [0.717, 1.165) is 15.0 Å². The van der Waals surface area contributed by atoms with Crippen molar-refractivity contribution in [3.05, 3.63) is 79.1 Å². The summed E-state index contributed by atoms with van der Waals surface area (Å²) in [4.78, 5) is 28.6. The molecule has 1 amide bonds. The first-order valence-corrected chi connectivity index (χ1v) is 11.8. The van der Waals surface area contributed by atoms with Crippen molar-refractivity contribution in [3.8, 4) is 5.75 Å². The Hall–Kier alpha value is -3.04. The highest BCUT2D eigenvalue weighted by molar-refractivity contribution is 9.10. The topological polar surface area (TPSA) is 85.5 Å². The summed E-state index contributed by atoms with van der Waals surface area (Å²) in [6.45, 7) is 4.44. The Morgan fingerprint density at radius 2 is 1.91 bits per heavy atom. The Balaban J connectivity index is 1.75. The van der Waals surface area contributed by atoms with E-state index < -0.39 is 11.9 Å². The van der Waals surface area contributed by atoms with Gasteiger partial charge in [0.15, 0.2) is 5.43 Å². The Morgan fingerprint density at radius 3 is 2.59 bits per heavy atom. The predicted molar refractivity (Wildman–Crippen MR) is 126 cm³/mol. The molecule has 162 valence electrons. The van der Waals surface area contributed by atoms with Gasteiger partial charge in [-0.2, -0.15) is 0 Å². The van der Waals surface area contributed by atoms with Crippen LogP contribution < -0.4 is 15.1 Å². The van der Waals surface area contributed by atoms with Crippen LogP contribution in [0.4, 0.5) is 5.13 Å². The van der Waals surface area contributed by atoms with Crippen molar-refractivity contribution in [2.24, 2.45) is 0 Å². The van der Waals surface area contributed by atoms with Crippen molar-refractivity contribution in [2.75, 3.05) is 11.5 Å². The molecule has 0 bridgehead atoms. The van der Waals surface area contributed by atoms with Gasteiger partial charge in [0.25, 0.3) is 5.91 Å². The number of amides is 1. The van der Waals surface area contributed by atoms with Crippen molar-refractivity contribution in [1.29, 1.82) is 0 Å². The van der Waals surface area contributed by atoms with Crippen LogP contribution in [0, 0.1) is 0 Å². The minimum absolute atomic E-state index is 0.0388. The molecule has 0 spiro atoms. The fourth-order valence-corrected chi connectivity index (χ4v) is 5.02. The van der Waals surface area contributed by atoms with E-state index in [9.17, 15) is 9.59 Å². The minimum Gasteiger partial charge on any atom is -0.494 e. The number of fused-ring (bicyclic) bond motifs is 2. The lowest BCUT2D eigenvalue weighted by atomic mass is 9.98. The standard InChI is InChI=1S/C23H18BrN3O4S/c1-3-17-25-26-23(32-17)27-19(12-5-8-14(9-6-12)30-4-2)18-20(28)15-11-13(24)7-10-16(15)31-21(18)22(27)29/h5-11,19H,3-4H2,1-2H3. The second-order valence-electron chi connectivity index (χ2n) is 7.23. The molecule has 0 radical (unpaired) electrons. The average molecular weight is 512 g/mol. The molecule has 1 atom stereocenters. The summed E-state index contributed by atoms with van der Waals surface area (Å²) in [6, 6.07) is 11.9. The fraction of sp³-hybridized carbons (Fsp3) is 0.217. The summed E-state index contributed by atoms with van der Waals surface area (Å²) >= 11 is 4.75. The largest absolute Gasteiger partial charge is 0.494 e. The van der Waals surface area contributed by atoms with Gasteiger partial charge in [0.05, 0.1) is 23.6 Å². The molecule has 4 aromatic rings. The lowest BCUT2D eigenvalue weighted by Gasteiger charge is -2.22. The van der Waals surface area contributed by atoms with Gasteiger partial charge in [0.1, 0.15) is 16.3 Å². The molecule has 1 unspecified atom stereocenters. The summed E-state index contributed by atoms with van der Waals surface area (Å²) in [5, 5.41) is 10.1. The van der Waals surface area contributed by atoms with Gasteiger partial charge in [0, 0.05) is 4.47 Å². The van der Waals surface area contributed by atoms with E-state index in [0.29, 0.717) is 40.4 Å². The molecule has 0 saturated heterocycles. The number of hydrogen-bond acceptors (Lipinski definition) is 7. The molecule has 0 N–H and O–H groups in total. The molecule has 5 rings (SSSR count). The highest BCUT2D eigenvalue weighted by Gasteiger charge is 2.45. The van der Waals surface area contributed by atoms with Crippen molar-refractivity contribution >= 4 is 49.3 Å². The zero-order valence-electron chi connectivity index (χ0n) is 17.3. The van der Waals surface area contributed by atoms with Gasteiger partial charge in [-0.15, -0.1) is 10.2 Å². The van der Waals surface area contributed by atoms with Crippen molar-refractivity contribution in [1.82, 2.24) is 10.2 Å². The number of carbonyl (C=O) groups excluding carboxylic acids is 1. The van der Waals surface area contributed by atoms with Gasteiger partial charge in [-0.1, -0.05) is 46.3 Å². The summed E-state index contributed by atoms with van der Waals surface area (Å²) in [5.74, 6) is 0.350. The summed E-state index contributed by atoms with van der Waals surface area (Å²) < 4.78 is 12.3. The zero-order chi connectivity index (χ0) is 22.4. The fourth-order valence-electron chi connectivity index (χ4n) is 3.86. The smallest absolute Gasteiger partial charge is 0.297 e. The quantitative estimate of drug-likeness (QED) is 0.369. The normalized spacial score (nSPS) is 15.4. The van der Waals surface area contributed by atoms with Crippen molar-refractivity contribution in [3.63, 3.8) is 0 Å². The Kier molecular flexibility index (Phi) is 5.30. The summed E-state index contributed by atoms with van der Waals surface area (Å²) in [7, 11) is 0. The summed E-state index contributed by atoms with van der Waals surface area (Å²) in [6.07, 6.45) is 0.704. The van der Waals surface area contributed by atoms with Gasteiger partial charge < -0.3 is 9.15 Å². The monoisotopic (exact) mass is 511 g/mol. The lowest BCUT2D eigenvalue weighted by molar-refractivity contribution is 0.0970. The molecule has 1 aliphatic rings. The third-order valence-corrected chi connectivity index (χ3v) is 6.86. The van der Waals surface area contributed by atoms with Gasteiger partial charge in [-0.25, -0.2) is 0 Å². The maximum absolute atomic E-state index is 13.6. The van der Waals surface area contributed by atoms with E-state index >= 15 is 0 Å². The van der Waals surface area contributed by atoms with Crippen molar-refractivity contribution in [2.45, 2.75) is 26.3 Å². The van der Waals surface area contributed by atoms with E-state index in [1.54, 1.807) is 18.2 Å². The van der Waals surface area contributed by atoms with Crippen LogP contribution in [0.1, 0.15) is 46.6 Å². The molecular weight excluding hydrogens is 494 g/mol. The number of ether oxygens (including phenoxy) is 1. The first kappa shape index (κ1) is 20.8. The molecule has 0 fully saturated rings. The number of aromatic nitrogens is 2. The van der Waals surface area contributed by atoms with Gasteiger partial charge in [-0.05, 0) is 49.2 Å². The highest BCUT2D eigenvalue weighted by atomic mass is 79.9. The Morgan fingerprint density at radius 1 is 1.12 bits per heavy atom. The molecule has 32 heavy (non-hydrogen) atoms. The Bertz CT molecular complexity index is 1400. The van der Waals surface area contributed by atoms with E-state index in [4.69, 9.17) is 9.15 Å². The van der Waals surface area contributed by atoms with Crippen LogP contribution in [-0.4, -0.2) is 22.7 Å². The van der Waals surface area contributed by atoms with E-state index in [1.807, 2.05) is 38.1 Å². The minimum atomic E-state index is -0.675. The number of halogens is 1. The zero-order valence-corrected chi connectivity index (χ0v) is 19.7. The van der Waals surface area contributed by atoms with Gasteiger partial charge >= 0.3 is 0 Å². The maximum atomic E-state index is 13.6. The number of hydrogen-bond donors (Lipinski definition) is 0. The molecule has 3 heterocycles. The second kappa shape index (κ2) is 8.14. The molecule has 0 saturated carbocycles. The van der Waals surface area contributed by atoms with E-state index in [1.165, 1.54) is 16.2 Å². The predicted octanol–water partition coefficient (Wildman–Crippen LogP) is 5.12. The lowest BCUT2D eigenvalue weighted by Crippen LogP contribution is -2.29. The van der Waals surface area contributed by atoms with Gasteiger partial charge in [-0.3, -0.25) is 14.5 Å². The van der Waals surface area contributed by atoms with E-state index in [-0.39, 0.29) is 11.2 Å². The number of aryl methyl sites for hydroxylation is 1. The SMILES string of the molecule is CCOc1ccc(C2c3c(oc4ccc(Br)cc4c3=O)C(=O)N2c2nnc(CC)s2)cc1. The molecule has 1 aliphatic heterocycles. The average Bonchev–Trinajstić information content (AvgIpc) is 3.38. The molecule has 7 nitrogen and oxygen atoms in total. The Labute approximate surface area is 195 Å². The highest BCUT2D eigenvalue weighted by Crippen LogP contribution is 2.42. The molecule has 2 aromatic heterocycles. The first-order valence-electron chi connectivity index (χ1n) is 10.2. The van der Waals surface area contributed by atoms with Crippen LogP contribution >= 0.6 is 27.3 Å². The van der Waals surface area contributed by atoms with Crippen LogP contribution in [0.5, 0.6) is 5.75 Å². The molecular formula is C23H18BrN3O4S.